The summed E-state index contributed by atoms with van der Waals surface area (Å²) in [5.41, 5.74) is -0.724. The number of carbonyl (C=O) groups excluding carboxylic acids is 1. The molecule has 132 valence electrons. The molecule has 6 heteroatoms. The molecular weight excluding hydrogens is 331 g/mol. The van der Waals surface area contributed by atoms with Crippen LogP contribution in [0.4, 0.5) is 18.0 Å². The standard InChI is InChI=1S/C19H18F3NO2/c1-3-13-18(23-17(24)25-2,14-7-5-4-6-8-14)15-9-11-16(12-10-15)19(20,21)22/h3-13H,1-2H3,(H,23,24)/b13-3+/t18-/m0/s1. The molecule has 0 saturated heterocycles. The van der Waals surface area contributed by atoms with Gasteiger partial charge in [-0.15, -0.1) is 0 Å². The molecule has 2 aromatic rings. The monoisotopic (exact) mass is 349 g/mol. The quantitative estimate of drug-likeness (QED) is 0.799. The number of alkyl carbamates (subject to hydrolysis) is 1. The van der Waals surface area contributed by atoms with Gasteiger partial charge < -0.3 is 10.1 Å². The maximum atomic E-state index is 12.8. The highest BCUT2D eigenvalue weighted by Gasteiger charge is 2.35. The van der Waals surface area contributed by atoms with Crippen molar-refractivity contribution in [3.63, 3.8) is 0 Å². The number of hydrogen-bond acceptors (Lipinski definition) is 2. The highest BCUT2D eigenvalue weighted by molar-refractivity contribution is 5.70. The number of benzene rings is 2. The lowest BCUT2D eigenvalue weighted by Crippen LogP contribution is -2.45. The van der Waals surface area contributed by atoms with E-state index in [1.807, 2.05) is 6.07 Å². The van der Waals surface area contributed by atoms with E-state index in [4.69, 9.17) is 4.74 Å². The van der Waals surface area contributed by atoms with E-state index in [0.29, 0.717) is 11.1 Å². The first-order valence-corrected chi connectivity index (χ1v) is 7.56. The summed E-state index contributed by atoms with van der Waals surface area (Å²) < 4.78 is 43.3. The zero-order valence-corrected chi connectivity index (χ0v) is 13.8. The summed E-state index contributed by atoms with van der Waals surface area (Å²) in [6.07, 6.45) is -1.69. The molecule has 1 N–H and O–H groups in total. The van der Waals surface area contributed by atoms with Crippen LogP contribution >= 0.6 is 0 Å². The molecule has 0 aliphatic rings. The number of alkyl halides is 3. The first-order chi connectivity index (χ1) is 11.8. The van der Waals surface area contributed by atoms with E-state index >= 15 is 0 Å². The molecule has 0 radical (unpaired) electrons. The summed E-state index contributed by atoms with van der Waals surface area (Å²) in [4.78, 5) is 11.9. The van der Waals surface area contributed by atoms with E-state index in [1.54, 1.807) is 43.3 Å². The Labute approximate surface area is 144 Å². The van der Waals surface area contributed by atoms with E-state index in [1.165, 1.54) is 19.2 Å². The van der Waals surface area contributed by atoms with Crippen LogP contribution in [0.5, 0.6) is 0 Å². The van der Waals surface area contributed by atoms with Gasteiger partial charge in [0.15, 0.2) is 0 Å². The number of amides is 1. The van der Waals surface area contributed by atoms with Crippen molar-refractivity contribution in [3.05, 3.63) is 83.4 Å². The Morgan fingerprint density at radius 2 is 1.48 bits per heavy atom. The van der Waals surface area contributed by atoms with Gasteiger partial charge in [-0.05, 0) is 30.2 Å². The van der Waals surface area contributed by atoms with Crippen LogP contribution in [0, 0.1) is 0 Å². The average molecular weight is 349 g/mol. The molecule has 0 bridgehead atoms. The molecule has 0 heterocycles. The van der Waals surface area contributed by atoms with Crippen LogP contribution in [0.25, 0.3) is 0 Å². The third-order valence-electron chi connectivity index (χ3n) is 3.80. The zero-order valence-electron chi connectivity index (χ0n) is 13.8. The van der Waals surface area contributed by atoms with Crippen molar-refractivity contribution >= 4 is 6.09 Å². The molecule has 1 amide bonds. The van der Waals surface area contributed by atoms with E-state index in [9.17, 15) is 18.0 Å². The van der Waals surface area contributed by atoms with E-state index < -0.39 is 23.4 Å². The van der Waals surface area contributed by atoms with Gasteiger partial charge in [0.05, 0.1) is 12.7 Å². The van der Waals surface area contributed by atoms with Crippen LogP contribution in [0.2, 0.25) is 0 Å². The summed E-state index contributed by atoms with van der Waals surface area (Å²) >= 11 is 0. The van der Waals surface area contributed by atoms with Gasteiger partial charge in [-0.25, -0.2) is 4.79 Å². The molecule has 1 atom stereocenters. The van der Waals surface area contributed by atoms with Gasteiger partial charge in [0.2, 0.25) is 0 Å². The molecule has 2 rings (SSSR count). The third kappa shape index (κ3) is 4.02. The third-order valence-corrected chi connectivity index (χ3v) is 3.80. The van der Waals surface area contributed by atoms with Gasteiger partial charge >= 0.3 is 12.3 Å². The second kappa shape index (κ2) is 7.42. The molecule has 2 aromatic carbocycles. The first kappa shape index (κ1) is 18.6. The van der Waals surface area contributed by atoms with Crippen LogP contribution in [0.15, 0.2) is 66.7 Å². The van der Waals surface area contributed by atoms with Crippen molar-refractivity contribution in [2.45, 2.75) is 18.6 Å². The number of rotatable bonds is 4. The van der Waals surface area contributed by atoms with Crippen molar-refractivity contribution in [1.29, 1.82) is 0 Å². The van der Waals surface area contributed by atoms with Crippen LogP contribution in [0.3, 0.4) is 0 Å². The molecule has 0 aliphatic carbocycles. The fourth-order valence-electron chi connectivity index (χ4n) is 2.63. The van der Waals surface area contributed by atoms with Crippen molar-refractivity contribution in [2.75, 3.05) is 7.11 Å². The minimum Gasteiger partial charge on any atom is -0.453 e. The van der Waals surface area contributed by atoms with Crippen LogP contribution < -0.4 is 5.32 Å². The predicted octanol–water partition coefficient (Wildman–Crippen LogP) is 4.88. The van der Waals surface area contributed by atoms with Gasteiger partial charge in [-0.3, -0.25) is 0 Å². The van der Waals surface area contributed by atoms with Gasteiger partial charge in [0, 0.05) is 0 Å². The van der Waals surface area contributed by atoms with Crippen molar-refractivity contribution < 1.29 is 22.7 Å². The van der Waals surface area contributed by atoms with Gasteiger partial charge in [0.25, 0.3) is 0 Å². The molecule has 0 aliphatic heterocycles. The van der Waals surface area contributed by atoms with Gasteiger partial charge in [0.1, 0.15) is 5.54 Å². The minimum atomic E-state index is -4.43. The largest absolute Gasteiger partial charge is 0.453 e. The molecule has 0 fully saturated rings. The Morgan fingerprint density at radius 1 is 0.960 bits per heavy atom. The molecule has 0 unspecified atom stereocenters. The SMILES string of the molecule is C/C=C/[C@](NC(=O)OC)(c1ccccc1)c1ccc(C(F)(F)F)cc1. The number of halogens is 3. The zero-order chi connectivity index (χ0) is 18.5. The van der Waals surface area contributed by atoms with E-state index in [0.717, 1.165) is 12.1 Å². The van der Waals surface area contributed by atoms with Crippen LogP contribution in [-0.4, -0.2) is 13.2 Å². The number of carbonyl (C=O) groups is 1. The Hall–Kier alpha value is -2.76. The normalized spacial score (nSPS) is 14.1. The van der Waals surface area contributed by atoms with Crippen molar-refractivity contribution in [1.82, 2.24) is 5.32 Å². The average Bonchev–Trinajstić information content (AvgIpc) is 2.61. The fraction of sp³-hybridized carbons (Fsp3) is 0.211. The van der Waals surface area contributed by atoms with Crippen LogP contribution in [-0.2, 0) is 16.5 Å². The summed E-state index contributed by atoms with van der Waals surface area (Å²) in [5, 5.41) is 2.74. The van der Waals surface area contributed by atoms with Gasteiger partial charge in [-0.1, -0.05) is 54.6 Å². The summed E-state index contributed by atoms with van der Waals surface area (Å²) in [6.45, 7) is 1.76. The van der Waals surface area contributed by atoms with Crippen molar-refractivity contribution in [3.8, 4) is 0 Å². The minimum absolute atomic E-state index is 0.482. The molecule has 0 spiro atoms. The molecule has 25 heavy (non-hydrogen) atoms. The molecule has 0 aromatic heterocycles. The maximum Gasteiger partial charge on any atom is 0.416 e. The number of allylic oxidation sites excluding steroid dienone is 1. The highest BCUT2D eigenvalue weighted by atomic mass is 19.4. The summed E-state index contributed by atoms with van der Waals surface area (Å²) in [6, 6.07) is 13.7. The number of hydrogen-bond donors (Lipinski definition) is 1. The number of ether oxygens (including phenoxy) is 1. The number of methoxy groups -OCH3 is 1. The lowest BCUT2D eigenvalue weighted by Gasteiger charge is -2.33. The maximum absolute atomic E-state index is 12.8. The van der Waals surface area contributed by atoms with Gasteiger partial charge in [-0.2, -0.15) is 13.2 Å². The van der Waals surface area contributed by atoms with Crippen molar-refractivity contribution in [2.24, 2.45) is 0 Å². The van der Waals surface area contributed by atoms with E-state index in [-0.39, 0.29) is 0 Å². The molecule has 3 nitrogen and oxygen atoms in total. The lowest BCUT2D eigenvalue weighted by atomic mass is 9.82. The summed E-state index contributed by atoms with van der Waals surface area (Å²) in [5.74, 6) is 0. The second-order valence-electron chi connectivity index (χ2n) is 5.37. The number of nitrogens with one attached hydrogen (secondary N) is 1. The molecule has 0 saturated carbocycles. The fourth-order valence-corrected chi connectivity index (χ4v) is 2.63. The Kier molecular flexibility index (Phi) is 5.51. The van der Waals surface area contributed by atoms with Crippen LogP contribution in [0.1, 0.15) is 23.6 Å². The lowest BCUT2D eigenvalue weighted by molar-refractivity contribution is -0.137. The summed E-state index contributed by atoms with van der Waals surface area (Å²) in [7, 11) is 1.23. The predicted molar refractivity (Wildman–Crippen MR) is 89.0 cm³/mol. The second-order valence-corrected chi connectivity index (χ2v) is 5.37. The topological polar surface area (TPSA) is 38.3 Å². The smallest absolute Gasteiger partial charge is 0.416 e. The molecular formula is C19H18F3NO2. The highest BCUT2D eigenvalue weighted by Crippen LogP contribution is 2.35. The van der Waals surface area contributed by atoms with E-state index in [2.05, 4.69) is 5.32 Å². The first-order valence-electron chi connectivity index (χ1n) is 7.56. The Bertz CT molecular complexity index is 740. The Balaban J connectivity index is 2.63. The Morgan fingerprint density at radius 3 is 1.96 bits per heavy atom.